The minimum atomic E-state index is 0.162. The number of hydrogen-bond acceptors (Lipinski definition) is 4. The third kappa shape index (κ3) is 2.98. The summed E-state index contributed by atoms with van der Waals surface area (Å²) in [5.41, 5.74) is 4.71. The molecule has 0 saturated heterocycles. The molecular formula is C20H21N5O. The number of aryl methyl sites for hydroxylation is 1. The Balaban J connectivity index is 1.85. The van der Waals surface area contributed by atoms with Crippen molar-refractivity contribution in [2.45, 2.75) is 26.3 Å². The number of hydrogen-bond donors (Lipinski definition) is 0. The maximum Gasteiger partial charge on any atom is 0.222 e. The minimum Gasteiger partial charge on any atom is -0.336 e. The minimum absolute atomic E-state index is 0.162. The van der Waals surface area contributed by atoms with Gasteiger partial charge >= 0.3 is 0 Å². The van der Waals surface area contributed by atoms with Crippen LogP contribution in [0.15, 0.2) is 42.6 Å². The maximum absolute atomic E-state index is 12.2. The summed E-state index contributed by atoms with van der Waals surface area (Å²) in [4.78, 5) is 23.7. The Bertz CT molecular complexity index is 948. The molecule has 0 radical (unpaired) electrons. The van der Waals surface area contributed by atoms with Gasteiger partial charge in [-0.1, -0.05) is 37.3 Å². The number of carbonyl (C=O) groups excluding carboxylic acids is 1. The zero-order valence-electron chi connectivity index (χ0n) is 15.0. The Morgan fingerprint density at radius 3 is 2.65 bits per heavy atom. The van der Waals surface area contributed by atoms with Crippen LogP contribution in [-0.4, -0.2) is 37.1 Å². The molecule has 0 fully saturated rings. The van der Waals surface area contributed by atoms with Crippen LogP contribution < -0.4 is 0 Å². The third-order valence-electron chi connectivity index (χ3n) is 4.71. The van der Waals surface area contributed by atoms with Gasteiger partial charge in [-0.15, -0.1) is 0 Å². The van der Waals surface area contributed by atoms with Crippen molar-refractivity contribution in [3.8, 4) is 22.8 Å². The highest BCUT2D eigenvalue weighted by Crippen LogP contribution is 2.29. The van der Waals surface area contributed by atoms with E-state index in [0.29, 0.717) is 25.3 Å². The summed E-state index contributed by atoms with van der Waals surface area (Å²) in [7, 11) is 1.90. The van der Waals surface area contributed by atoms with E-state index in [0.717, 1.165) is 34.6 Å². The summed E-state index contributed by atoms with van der Waals surface area (Å²) in [6.07, 6.45) is 3.18. The molecule has 0 atom stereocenters. The lowest BCUT2D eigenvalue weighted by Gasteiger charge is -2.29. The molecule has 3 heterocycles. The van der Waals surface area contributed by atoms with E-state index in [1.807, 2.05) is 61.5 Å². The Kier molecular flexibility index (Phi) is 4.24. The largest absolute Gasteiger partial charge is 0.336 e. The highest BCUT2D eigenvalue weighted by Gasteiger charge is 2.26. The molecule has 0 N–H and O–H groups in total. The van der Waals surface area contributed by atoms with E-state index < -0.39 is 0 Å². The first-order valence-corrected chi connectivity index (χ1v) is 8.88. The lowest BCUT2D eigenvalue weighted by Crippen LogP contribution is -2.36. The SMILES string of the molecule is CCC(=O)N1CCc2c(nc(-c3ccccc3)nc2-c2ccn(C)n2)C1. The quantitative estimate of drug-likeness (QED) is 0.731. The van der Waals surface area contributed by atoms with E-state index in [1.165, 1.54) is 0 Å². The molecule has 1 aliphatic heterocycles. The van der Waals surface area contributed by atoms with Crippen LogP contribution in [0.4, 0.5) is 0 Å². The zero-order valence-corrected chi connectivity index (χ0v) is 15.0. The van der Waals surface area contributed by atoms with E-state index in [2.05, 4.69) is 5.10 Å². The van der Waals surface area contributed by atoms with Crippen LogP contribution in [0.2, 0.25) is 0 Å². The Morgan fingerprint density at radius 1 is 1.15 bits per heavy atom. The van der Waals surface area contributed by atoms with Crippen molar-refractivity contribution in [3.63, 3.8) is 0 Å². The van der Waals surface area contributed by atoms with Crippen LogP contribution in [0.25, 0.3) is 22.8 Å². The molecule has 6 nitrogen and oxygen atoms in total. The number of fused-ring (bicyclic) bond motifs is 1. The second-order valence-corrected chi connectivity index (χ2v) is 6.48. The lowest BCUT2D eigenvalue weighted by atomic mass is 10.00. The summed E-state index contributed by atoms with van der Waals surface area (Å²) in [6, 6.07) is 11.9. The number of amides is 1. The van der Waals surface area contributed by atoms with Crippen LogP contribution in [0.3, 0.4) is 0 Å². The smallest absolute Gasteiger partial charge is 0.222 e. The standard InChI is InChI=1S/C20H21N5O/c1-3-18(26)25-12-9-15-17(13-25)21-20(14-7-5-4-6-8-14)22-19(15)16-10-11-24(2)23-16/h4-8,10-11H,3,9,12-13H2,1-2H3. The van der Waals surface area contributed by atoms with E-state index in [9.17, 15) is 4.79 Å². The van der Waals surface area contributed by atoms with Gasteiger partial charge in [-0.05, 0) is 12.5 Å². The molecular weight excluding hydrogens is 326 g/mol. The summed E-state index contributed by atoms with van der Waals surface area (Å²) in [5.74, 6) is 0.839. The predicted octanol–water partition coefficient (Wildman–Crippen LogP) is 2.84. The van der Waals surface area contributed by atoms with E-state index in [4.69, 9.17) is 9.97 Å². The summed E-state index contributed by atoms with van der Waals surface area (Å²) < 4.78 is 1.78. The first-order valence-electron chi connectivity index (χ1n) is 8.88. The normalized spacial score (nSPS) is 13.5. The molecule has 0 saturated carbocycles. The molecule has 132 valence electrons. The van der Waals surface area contributed by atoms with Gasteiger partial charge in [0.25, 0.3) is 0 Å². The fourth-order valence-corrected chi connectivity index (χ4v) is 3.34. The number of carbonyl (C=O) groups is 1. The average molecular weight is 347 g/mol. The molecule has 0 spiro atoms. The predicted molar refractivity (Wildman–Crippen MR) is 99.1 cm³/mol. The number of aromatic nitrogens is 4. The van der Waals surface area contributed by atoms with Crippen molar-refractivity contribution in [2.75, 3.05) is 6.54 Å². The van der Waals surface area contributed by atoms with Crippen LogP contribution in [0, 0.1) is 0 Å². The Labute approximate surface area is 152 Å². The molecule has 4 rings (SSSR count). The van der Waals surface area contributed by atoms with Gasteiger partial charge in [-0.25, -0.2) is 9.97 Å². The molecule has 0 bridgehead atoms. The topological polar surface area (TPSA) is 63.9 Å². The summed E-state index contributed by atoms with van der Waals surface area (Å²) in [6.45, 7) is 3.13. The third-order valence-corrected chi connectivity index (χ3v) is 4.71. The molecule has 1 aromatic carbocycles. The number of benzene rings is 1. The molecule has 6 heteroatoms. The van der Waals surface area contributed by atoms with E-state index in [-0.39, 0.29) is 5.91 Å². The van der Waals surface area contributed by atoms with E-state index >= 15 is 0 Å². The highest BCUT2D eigenvalue weighted by atomic mass is 16.2. The molecule has 2 aromatic heterocycles. The van der Waals surface area contributed by atoms with Crippen LogP contribution in [0.5, 0.6) is 0 Å². The molecule has 0 aliphatic carbocycles. The Morgan fingerprint density at radius 2 is 1.96 bits per heavy atom. The van der Waals surface area contributed by atoms with Crippen molar-refractivity contribution in [3.05, 3.63) is 53.9 Å². The van der Waals surface area contributed by atoms with Crippen molar-refractivity contribution in [1.29, 1.82) is 0 Å². The van der Waals surface area contributed by atoms with Gasteiger partial charge < -0.3 is 4.90 Å². The fourth-order valence-electron chi connectivity index (χ4n) is 3.34. The van der Waals surface area contributed by atoms with Gasteiger partial charge in [0.05, 0.1) is 17.9 Å². The lowest BCUT2D eigenvalue weighted by molar-refractivity contribution is -0.131. The van der Waals surface area contributed by atoms with Crippen molar-refractivity contribution in [1.82, 2.24) is 24.6 Å². The van der Waals surface area contributed by atoms with Crippen molar-refractivity contribution >= 4 is 5.91 Å². The molecule has 26 heavy (non-hydrogen) atoms. The maximum atomic E-state index is 12.2. The molecule has 0 unspecified atom stereocenters. The molecule has 1 amide bonds. The van der Waals surface area contributed by atoms with Gasteiger partial charge in [0.1, 0.15) is 5.69 Å². The van der Waals surface area contributed by atoms with E-state index in [1.54, 1.807) is 4.68 Å². The monoisotopic (exact) mass is 347 g/mol. The molecule has 3 aromatic rings. The first-order chi connectivity index (χ1) is 12.7. The van der Waals surface area contributed by atoms with Crippen LogP contribution in [-0.2, 0) is 24.8 Å². The molecule has 1 aliphatic rings. The fraction of sp³-hybridized carbons (Fsp3) is 0.300. The van der Waals surface area contributed by atoms with Gasteiger partial charge in [-0.2, -0.15) is 5.10 Å². The summed E-state index contributed by atoms with van der Waals surface area (Å²) >= 11 is 0. The average Bonchev–Trinajstić information content (AvgIpc) is 3.12. The van der Waals surface area contributed by atoms with Crippen LogP contribution >= 0.6 is 0 Å². The van der Waals surface area contributed by atoms with Crippen LogP contribution in [0.1, 0.15) is 24.6 Å². The second-order valence-electron chi connectivity index (χ2n) is 6.48. The zero-order chi connectivity index (χ0) is 18.1. The number of nitrogens with zero attached hydrogens (tertiary/aromatic N) is 5. The van der Waals surface area contributed by atoms with Crippen molar-refractivity contribution < 1.29 is 4.79 Å². The highest BCUT2D eigenvalue weighted by molar-refractivity contribution is 5.76. The van der Waals surface area contributed by atoms with Crippen molar-refractivity contribution in [2.24, 2.45) is 7.05 Å². The summed E-state index contributed by atoms with van der Waals surface area (Å²) in [5, 5.41) is 4.54. The second kappa shape index (κ2) is 6.71. The van der Waals surface area contributed by atoms with Gasteiger partial charge in [0, 0.05) is 37.3 Å². The van der Waals surface area contributed by atoms with Gasteiger partial charge in [0.2, 0.25) is 5.91 Å². The van der Waals surface area contributed by atoms with Gasteiger partial charge in [-0.3, -0.25) is 9.48 Å². The number of rotatable bonds is 3. The Hall–Kier alpha value is -3.02. The van der Waals surface area contributed by atoms with Gasteiger partial charge in [0.15, 0.2) is 5.82 Å². The first kappa shape index (κ1) is 16.4.